The van der Waals surface area contributed by atoms with Gasteiger partial charge in [0, 0.05) is 21.9 Å². The summed E-state index contributed by atoms with van der Waals surface area (Å²) in [6.07, 6.45) is -2.11. The number of nitrogens with zero attached hydrogens (tertiary/aromatic N) is 3. The van der Waals surface area contributed by atoms with E-state index in [0.717, 1.165) is 5.22 Å². The minimum Gasteiger partial charge on any atom is -0.492 e. The number of nitrogen functional groups attached to an aromatic ring is 1. The molecule has 0 saturated heterocycles. The van der Waals surface area contributed by atoms with Gasteiger partial charge in [0.05, 0.1) is 17.4 Å². The van der Waals surface area contributed by atoms with E-state index in [2.05, 4.69) is 15.1 Å². The number of carbonyl (C=O) groups is 1. The third kappa shape index (κ3) is 2.94. The third-order valence-electron chi connectivity index (χ3n) is 4.10. The molecule has 0 aliphatic carbocycles. The molecule has 0 bridgehead atoms. The largest absolute Gasteiger partial charge is 0.493 e. The van der Waals surface area contributed by atoms with Crippen molar-refractivity contribution in [1.82, 2.24) is 4.73 Å². The van der Waals surface area contributed by atoms with Crippen molar-refractivity contribution in [3.63, 3.8) is 0 Å². The summed E-state index contributed by atoms with van der Waals surface area (Å²) < 4.78 is 38.2. The normalized spacial score (nSPS) is 13.6. The fourth-order valence-corrected chi connectivity index (χ4v) is 2.82. The van der Waals surface area contributed by atoms with E-state index in [1.165, 1.54) is 24.3 Å². The van der Waals surface area contributed by atoms with Crippen molar-refractivity contribution in [2.75, 3.05) is 5.73 Å². The summed E-state index contributed by atoms with van der Waals surface area (Å²) in [5, 5.41) is 20.0. The fraction of sp³-hybridized carbons (Fsp3) is 0.0556. The average molecular weight is 388 g/mol. The molecule has 28 heavy (non-hydrogen) atoms. The molecular formula is C18H11F3N4O3. The molecule has 142 valence electrons. The number of nitrogens with two attached hydrogens (primary N) is 1. The topological polar surface area (TPSA) is 102 Å². The first kappa shape index (κ1) is 17.6. The van der Waals surface area contributed by atoms with Crippen LogP contribution in [0.4, 0.5) is 24.5 Å². The van der Waals surface area contributed by atoms with E-state index >= 15 is 0 Å². The van der Waals surface area contributed by atoms with Gasteiger partial charge in [-0.05, 0) is 35.6 Å². The van der Waals surface area contributed by atoms with Crippen LogP contribution in [0, 0.1) is 0 Å². The van der Waals surface area contributed by atoms with Gasteiger partial charge >= 0.3 is 12.1 Å². The van der Waals surface area contributed by atoms with E-state index in [9.17, 15) is 23.1 Å². The summed E-state index contributed by atoms with van der Waals surface area (Å²) in [6.45, 7) is 0. The van der Waals surface area contributed by atoms with Crippen molar-refractivity contribution >= 4 is 40.5 Å². The Balaban J connectivity index is 1.91. The molecule has 0 amide bonds. The maximum atomic E-state index is 12.6. The lowest BCUT2D eigenvalue weighted by Gasteiger charge is -2.09. The average Bonchev–Trinajstić information content (AvgIpc) is 3.19. The lowest BCUT2D eigenvalue weighted by molar-refractivity contribution is -0.199. The van der Waals surface area contributed by atoms with Gasteiger partial charge in [-0.1, -0.05) is 12.1 Å². The zero-order valence-corrected chi connectivity index (χ0v) is 13.9. The summed E-state index contributed by atoms with van der Waals surface area (Å²) in [5.74, 6) is -3.14. The van der Waals surface area contributed by atoms with Gasteiger partial charge in [-0.2, -0.15) is 23.4 Å². The van der Waals surface area contributed by atoms with E-state index in [1.807, 2.05) is 0 Å². The van der Waals surface area contributed by atoms with Crippen LogP contribution < -0.4 is 21.0 Å². The molecule has 3 aromatic rings. The molecule has 0 saturated carbocycles. The maximum absolute atomic E-state index is 12.6. The maximum Gasteiger partial charge on any atom is 0.493 e. The molecule has 0 spiro atoms. The lowest BCUT2D eigenvalue weighted by atomic mass is 10.1. The monoisotopic (exact) mass is 388 g/mol. The van der Waals surface area contributed by atoms with Crippen LogP contribution in [0.1, 0.15) is 5.56 Å². The molecule has 10 heteroatoms. The Morgan fingerprint density at radius 2 is 2.00 bits per heavy atom. The second kappa shape index (κ2) is 6.12. The number of alkyl halides is 3. The Labute approximate surface area is 154 Å². The van der Waals surface area contributed by atoms with Gasteiger partial charge in [0.25, 0.3) is 0 Å². The zero-order valence-electron chi connectivity index (χ0n) is 13.9. The highest BCUT2D eigenvalue weighted by Crippen LogP contribution is 2.33. The second-order valence-electron chi connectivity index (χ2n) is 5.99. The molecule has 4 rings (SSSR count). The van der Waals surface area contributed by atoms with Gasteiger partial charge in [-0.15, -0.1) is 4.73 Å². The van der Waals surface area contributed by atoms with E-state index in [0.29, 0.717) is 21.0 Å². The van der Waals surface area contributed by atoms with Gasteiger partial charge in [0.2, 0.25) is 5.88 Å². The number of aromatic nitrogens is 1. The molecule has 7 nitrogen and oxygen atoms in total. The molecule has 0 fully saturated rings. The van der Waals surface area contributed by atoms with Gasteiger partial charge in [-0.3, -0.25) is 0 Å². The summed E-state index contributed by atoms with van der Waals surface area (Å²) in [5.41, 5.74) is 6.69. The van der Waals surface area contributed by atoms with Crippen molar-refractivity contribution in [1.29, 1.82) is 0 Å². The molecule has 3 N–H and O–H groups in total. The van der Waals surface area contributed by atoms with Crippen molar-refractivity contribution in [3.8, 4) is 5.88 Å². The summed E-state index contributed by atoms with van der Waals surface area (Å²) in [7, 11) is 0. The lowest BCUT2D eigenvalue weighted by Crippen LogP contribution is -2.33. The van der Waals surface area contributed by atoms with Crippen LogP contribution in [0.15, 0.2) is 46.6 Å². The Bertz CT molecular complexity index is 1280. The molecule has 0 unspecified atom stereocenters. The molecule has 1 aliphatic rings. The van der Waals surface area contributed by atoms with Crippen LogP contribution in [0.3, 0.4) is 0 Å². The molecule has 2 aromatic carbocycles. The van der Waals surface area contributed by atoms with E-state index in [1.54, 1.807) is 24.4 Å². The van der Waals surface area contributed by atoms with Crippen LogP contribution in [-0.4, -0.2) is 22.0 Å². The fourth-order valence-electron chi connectivity index (χ4n) is 2.82. The number of halogens is 3. The number of aromatic hydroxyl groups is 1. The summed E-state index contributed by atoms with van der Waals surface area (Å²) >= 11 is 0. The highest BCUT2D eigenvalue weighted by Gasteiger charge is 2.42. The Morgan fingerprint density at radius 3 is 2.75 bits per heavy atom. The molecule has 1 aliphatic heterocycles. The van der Waals surface area contributed by atoms with Gasteiger partial charge in [0.15, 0.2) is 0 Å². The molecular weight excluding hydrogens is 377 g/mol. The molecule has 2 heterocycles. The second-order valence-corrected chi connectivity index (χ2v) is 5.99. The number of rotatable bonds is 2. The minimum absolute atomic E-state index is 0.00975. The Kier molecular flexibility index (Phi) is 3.84. The van der Waals surface area contributed by atoms with E-state index in [4.69, 9.17) is 5.73 Å². The van der Waals surface area contributed by atoms with Crippen LogP contribution in [-0.2, 0) is 4.79 Å². The van der Waals surface area contributed by atoms with Crippen molar-refractivity contribution < 1.29 is 27.9 Å². The van der Waals surface area contributed by atoms with E-state index in [-0.39, 0.29) is 16.8 Å². The third-order valence-corrected chi connectivity index (χ3v) is 4.10. The number of carbonyl (C=O) groups excluding carboxylic acids is 1. The quantitative estimate of drug-likeness (QED) is 0.657. The van der Waals surface area contributed by atoms with Crippen LogP contribution in [0.5, 0.6) is 5.88 Å². The first-order valence-electron chi connectivity index (χ1n) is 7.89. The molecule has 1 aromatic heterocycles. The summed E-state index contributed by atoms with van der Waals surface area (Å²) in [6, 6.07) is 9.51. The first-order chi connectivity index (χ1) is 13.2. The van der Waals surface area contributed by atoms with E-state index < -0.39 is 18.0 Å². The highest BCUT2D eigenvalue weighted by atomic mass is 19.4. The summed E-state index contributed by atoms with van der Waals surface area (Å²) in [4.78, 5) is 15.6. The first-order valence-corrected chi connectivity index (χ1v) is 7.89. The van der Waals surface area contributed by atoms with Gasteiger partial charge < -0.3 is 15.7 Å². The minimum atomic E-state index is -5.23. The standard InChI is InChI=1S/C18H11F3N4O3/c19-18(20,21)17(27)28-25-15-7-11(22)3-4-12(15)13(16(25)26)5-9-1-2-10-8-23-24-14(10)6-9/h1-8,26H,22H2. The molecule has 0 radical (unpaired) electrons. The van der Waals surface area contributed by atoms with Crippen molar-refractivity contribution in [2.24, 2.45) is 10.2 Å². The Morgan fingerprint density at radius 1 is 1.21 bits per heavy atom. The van der Waals surface area contributed by atoms with Crippen molar-refractivity contribution in [3.05, 3.63) is 52.4 Å². The number of azo groups is 1. The number of hydrogen-bond donors (Lipinski definition) is 2. The smallest absolute Gasteiger partial charge is 0.492 e. The number of hydrogen-bond acceptors (Lipinski definition) is 6. The predicted molar refractivity (Wildman–Crippen MR) is 93.9 cm³/mol. The zero-order chi connectivity index (χ0) is 20.1. The predicted octanol–water partition coefficient (Wildman–Crippen LogP) is 2.11. The van der Waals surface area contributed by atoms with Crippen LogP contribution in [0.25, 0.3) is 23.2 Å². The highest BCUT2D eigenvalue weighted by molar-refractivity contribution is 5.94. The SMILES string of the molecule is Nc1ccc2c(C=c3ccc4c(c3)N=NC=4)c(O)n(OC(=O)C(F)(F)F)c2c1. The number of fused-ring (bicyclic) bond motifs is 2. The number of benzene rings is 2. The van der Waals surface area contributed by atoms with Crippen molar-refractivity contribution in [2.45, 2.75) is 6.18 Å². The van der Waals surface area contributed by atoms with Gasteiger partial charge in [-0.25, -0.2) is 4.79 Å². The Hall–Kier alpha value is -3.82. The van der Waals surface area contributed by atoms with Gasteiger partial charge in [0.1, 0.15) is 0 Å². The van der Waals surface area contributed by atoms with Crippen LogP contribution >= 0.6 is 0 Å². The number of anilines is 1. The van der Waals surface area contributed by atoms with Crippen LogP contribution in [0.2, 0.25) is 0 Å². The molecule has 0 atom stereocenters.